The van der Waals surface area contributed by atoms with Crippen molar-refractivity contribution in [1.29, 1.82) is 0 Å². The van der Waals surface area contributed by atoms with Gasteiger partial charge < -0.3 is 15.1 Å². The molecule has 1 amide bonds. The number of piperazine rings is 1. The number of thiophene rings is 1. The minimum atomic E-state index is 0.215. The summed E-state index contributed by atoms with van der Waals surface area (Å²) in [4.78, 5) is 27.8. The van der Waals surface area contributed by atoms with E-state index in [4.69, 9.17) is 0 Å². The van der Waals surface area contributed by atoms with Gasteiger partial charge in [0.15, 0.2) is 6.54 Å². The van der Waals surface area contributed by atoms with Gasteiger partial charge in [-0.25, -0.2) is 9.97 Å². The Morgan fingerprint density at radius 3 is 2.85 bits per heavy atom. The molecule has 26 heavy (non-hydrogen) atoms. The maximum Gasteiger partial charge on any atom is 0.275 e. The van der Waals surface area contributed by atoms with Crippen LogP contribution in [0.5, 0.6) is 0 Å². The number of aromatic nitrogens is 2. The van der Waals surface area contributed by atoms with E-state index in [2.05, 4.69) is 20.2 Å². The van der Waals surface area contributed by atoms with E-state index in [0.29, 0.717) is 12.6 Å². The van der Waals surface area contributed by atoms with Crippen molar-refractivity contribution in [2.24, 2.45) is 0 Å². The number of nitrogens with one attached hydrogen (secondary N) is 2. The second-order valence-corrected chi connectivity index (χ2v) is 8.93. The van der Waals surface area contributed by atoms with Gasteiger partial charge in [-0.3, -0.25) is 4.79 Å². The second-order valence-electron chi connectivity index (χ2n) is 7.84. The number of anilines is 1. The molecule has 0 bridgehead atoms. The third kappa shape index (κ3) is 3.18. The molecule has 2 aromatic heterocycles. The molecule has 3 aliphatic rings. The molecule has 138 valence electrons. The zero-order valence-corrected chi connectivity index (χ0v) is 15.9. The lowest BCUT2D eigenvalue weighted by Gasteiger charge is -2.33. The van der Waals surface area contributed by atoms with E-state index in [1.54, 1.807) is 6.33 Å². The molecule has 2 fully saturated rings. The fourth-order valence-electron chi connectivity index (χ4n) is 4.26. The minimum Gasteiger partial charge on any atom is -0.348 e. The van der Waals surface area contributed by atoms with Gasteiger partial charge in [-0.2, -0.15) is 0 Å². The van der Waals surface area contributed by atoms with Crippen LogP contribution in [-0.4, -0.2) is 54.6 Å². The molecule has 6 nitrogen and oxygen atoms in total. The summed E-state index contributed by atoms with van der Waals surface area (Å²) in [5, 5.41) is 4.41. The summed E-state index contributed by atoms with van der Waals surface area (Å²) in [6, 6.07) is 0.460. The van der Waals surface area contributed by atoms with Crippen LogP contribution in [0.4, 0.5) is 5.82 Å². The van der Waals surface area contributed by atoms with Gasteiger partial charge >= 0.3 is 0 Å². The Bertz CT molecular complexity index is 823. The van der Waals surface area contributed by atoms with Crippen molar-refractivity contribution in [3.8, 4) is 0 Å². The van der Waals surface area contributed by atoms with Gasteiger partial charge in [0.05, 0.1) is 31.6 Å². The summed E-state index contributed by atoms with van der Waals surface area (Å²) in [6.45, 7) is 4.52. The number of rotatable bonds is 4. The van der Waals surface area contributed by atoms with Gasteiger partial charge in [-0.1, -0.05) is 0 Å². The molecule has 0 unspecified atom stereocenters. The van der Waals surface area contributed by atoms with Crippen molar-refractivity contribution in [2.75, 3.05) is 37.6 Å². The number of carbonyl (C=O) groups excluding carboxylic acids is 1. The van der Waals surface area contributed by atoms with E-state index in [-0.39, 0.29) is 5.91 Å². The highest BCUT2D eigenvalue weighted by Gasteiger charge is 2.29. The van der Waals surface area contributed by atoms with E-state index in [1.165, 1.54) is 46.4 Å². The third-order valence-corrected chi connectivity index (χ3v) is 7.05. The average molecular weight is 373 g/mol. The van der Waals surface area contributed by atoms with E-state index in [0.717, 1.165) is 49.7 Å². The number of aryl methyl sites for hydroxylation is 2. The first kappa shape index (κ1) is 16.4. The molecule has 0 radical (unpaired) electrons. The van der Waals surface area contributed by atoms with Gasteiger partial charge in [-0.05, 0) is 44.1 Å². The Balaban J connectivity index is 1.30. The highest BCUT2D eigenvalue weighted by molar-refractivity contribution is 7.19. The van der Waals surface area contributed by atoms with Gasteiger partial charge in [0.1, 0.15) is 17.0 Å². The molecule has 7 heteroatoms. The van der Waals surface area contributed by atoms with Crippen LogP contribution in [0.1, 0.15) is 36.1 Å². The molecule has 3 heterocycles. The molecule has 2 N–H and O–H groups in total. The first-order chi connectivity index (χ1) is 12.8. The topological polar surface area (TPSA) is 62.6 Å². The fraction of sp³-hybridized carbons (Fsp3) is 0.632. The fourth-order valence-corrected chi connectivity index (χ4v) is 5.48. The monoisotopic (exact) mass is 372 g/mol. The maximum atomic E-state index is 12.0. The Kier molecular flexibility index (Phi) is 4.29. The van der Waals surface area contributed by atoms with Crippen LogP contribution in [0.2, 0.25) is 0 Å². The summed E-state index contributed by atoms with van der Waals surface area (Å²) in [7, 11) is 0. The smallest absolute Gasteiger partial charge is 0.275 e. The van der Waals surface area contributed by atoms with Crippen molar-refractivity contribution in [3.05, 3.63) is 16.8 Å². The molecule has 0 spiro atoms. The predicted octanol–water partition coefficient (Wildman–Crippen LogP) is 0.554. The molecule has 2 aliphatic carbocycles. The largest absolute Gasteiger partial charge is 0.348 e. The predicted molar refractivity (Wildman–Crippen MR) is 103 cm³/mol. The van der Waals surface area contributed by atoms with Crippen molar-refractivity contribution >= 4 is 33.3 Å². The molecule has 5 rings (SSSR count). The van der Waals surface area contributed by atoms with Gasteiger partial charge in [0, 0.05) is 10.9 Å². The van der Waals surface area contributed by atoms with Crippen LogP contribution in [0.25, 0.3) is 10.2 Å². The Hall–Kier alpha value is -1.73. The molecule has 0 aromatic carbocycles. The number of amides is 1. The Labute approximate surface area is 157 Å². The number of quaternary nitrogens is 1. The lowest BCUT2D eigenvalue weighted by atomic mass is 9.97. The standard InChI is InChI=1S/C19H25N5OS/c25-16(22-13-5-6-13)11-23-7-9-24(10-8-23)18-17-14-3-1-2-4-15(14)26-19(17)21-12-20-18/h12-13H,1-11H2,(H,22,25)/p+1. The van der Waals surface area contributed by atoms with E-state index < -0.39 is 0 Å². The molecule has 1 saturated heterocycles. The van der Waals surface area contributed by atoms with E-state index >= 15 is 0 Å². The highest BCUT2D eigenvalue weighted by atomic mass is 32.1. The minimum absolute atomic E-state index is 0.215. The number of carbonyl (C=O) groups is 1. The zero-order valence-electron chi connectivity index (χ0n) is 15.1. The Morgan fingerprint density at radius 2 is 2.04 bits per heavy atom. The first-order valence-corrected chi connectivity index (χ1v) is 10.7. The molecule has 0 atom stereocenters. The summed E-state index contributed by atoms with van der Waals surface area (Å²) in [5.41, 5.74) is 1.51. The highest BCUT2D eigenvalue weighted by Crippen LogP contribution is 2.39. The Morgan fingerprint density at radius 1 is 1.23 bits per heavy atom. The number of hydrogen-bond acceptors (Lipinski definition) is 5. The van der Waals surface area contributed by atoms with Crippen LogP contribution in [-0.2, 0) is 17.6 Å². The van der Waals surface area contributed by atoms with Crippen molar-refractivity contribution in [3.63, 3.8) is 0 Å². The van der Waals surface area contributed by atoms with E-state index in [1.807, 2.05) is 11.3 Å². The summed E-state index contributed by atoms with van der Waals surface area (Å²) in [5.74, 6) is 1.34. The van der Waals surface area contributed by atoms with Crippen molar-refractivity contribution in [1.82, 2.24) is 15.3 Å². The quantitative estimate of drug-likeness (QED) is 0.823. The normalized spacial score (nSPS) is 21.0. The van der Waals surface area contributed by atoms with E-state index in [9.17, 15) is 4.79 Å². The maximum absolute atomic E-state index is 12.0. The number of nitrogens with zero attached hydrogens (tertiary/aromatic N) is 3. The summed E-state index contributed by atoms with van der Waals surface area (Å²) >= 11 is 1.86. The first-order valence-electron chi connectivity index (χ1n) is 9.91. The molecule has 2 aromatic rings. The van der Waals surface area contributed by atoms with Gasteiger partial charge in [0.25, 0.3) is 5.91 Å². The molecule has 1 aliphatic heterocycles. The SMILES string of the molecule is O=C(C[NH+]1CCN(c2ncnc3sc4c(c23)CCCC4)CC1)NC1CC1. The average Bonchev–Trinajstić information content (AvgIpc) is 3.38. The molecular formula is C19H26N5OS+. The molecular weight excluding hydrogens is 346 g/mol. The summed E-state index contributed by atoms with van der Waals surface area (Å²) < 4.78 is 0. The third-order valence-electron chi connectivity index (χ3n) is 5.85. The lowest BCUT2D eigenvalue weighted by Crippen LogP contribution is -3.16. The van der Waals surface area contributed by atoms with Crippen molar-refractivity contribution < 1.29 is 9.69 Å². The number of fused-ring (bicyclic) bond motifs is 3. The van der Waals surface area contributed by atoms with Crippen LogP contribution < -0.4 is 15.1 Å². The van der Waals surface area contributed by atoms with Crippen LogP contribution >= 0.6 is 11.3 Å². The molecule has 1 saturated carbocycles. The van der Waals surface area contributed by atoms with Gasteiger partial charge in [0.2, 0.25) is 0 Å². The van der Waals surface area contributed by atoms with Crippen molar-refractivity contribution in [2.45, 2.75) is 44.6 Å². The van der Waals surface area contributed by atoms with Crippen LogP contribution in [0.3, 0.4) is 0 Å². The van der Waals surface area contributed by atoms with Gasteiger partial charge in [-0.15, -0.1) is 11.3 Å². The lowest BCUT2D eigenvalue weighted by molar-refractivity contribution is -0.892. The zero-order chi connectivity index (χ0) is 17.5. The number of hydrogen-bond donors (Lipinski definition) is 2. The van der Waals surface area contributed by atoms with Crippen LogP contribution in [0.15, 0.2) is 6.33 Å². The van der Waals surface area contributed by atoms with Crippen LogP contribution in [0, 0.1) is 0 Å². The summed E-state index contributed by atoms with van der Waals surface area (Å²) in [6.07, 6.45) is 8.98. The second kappa shape index (κ2) is 6.78.